The zero-order valence-electron chi connectivity index (χ0n) is 9.49. The Morgan fingerprint density at radius 2 is 2.28 bits per heavy atom. The standard InChI is InChI=1S/C11H9N5O2/c1-16-5-8(4-15-16)18-10-9-7(2-12-6-14-9)3-13-11(10)17/h2-6H,1H3,(H,13,17). The number of hydrogen-bond acceptors (Lipinski definition) is 5. The van der Waals surface area contributed by atoms with Crippen LogP contribution in [0.15, 0.2) is 35.9 Å². The second-order valence-electron chi connectivity index (χ2n) is 3.73. The van der Waals surface area contributed by atoms with Crippen LogP contribution in [-0.2, 0) is 7.05 Å². The molecule has 0 unspecified atom stereocenters. The number of hydrogen-bond donors (Lipinski definition) is 1. The van der Waals surface area contributed by atoms with Crippen molar-refractivity contribution in [2.24, 2.45) is 7.05 Å². The lowest BCUT2D eigenvalue weighted by molar-refractivity contribution is 0.479. The highest BCUT2D eigenvalue weighted by molar-refractivity contribution is 5.82. The second-order valence-corrected chi connectivity index (χ2v) is 3.73. The summed E-state index contributed by atoms with van der Waals surface area (Å²) in [5.41, 5.74) is 0.127. The average Bonchev–Trinajstić information content (AvgIpc) is 2.79. The van der Waals surface area contributed by atoms with Gasteiger partial charge in [-0.05, 0) is 0 Å². The number of aryl methyl sites for hydroxylation is 1. The third kappa shape index (κ3) is 1.71. The maximum Gasteiger partial charge on any atom is 0.293 e. The van der Waals surface area contributed by atoms with Gasteiger partial charge in [0.05, 0.1) is 12.4 Å². The topological polar surface area (TPSA) is 85.7 Å². The van der Waals surface area contributed by atoms with Crippen molar-refractivity contribution in [2.45, 2.75) is 0 Å². The van der Waals surface area contributed by atoms with Crippen LogP contribution in [0.2, 0.25) is 0 Å². The van der Waals surface area contributed by atoms with Gasteiger partial charge in [-0.25, -0.2) is 9.97 Å². The van der Waals surface area contributed by atoms with E-state index in [1.54, 1.807) is 30.3 Å². The quantitative estimate of drug-likeness (QED) is 0.720. The number of aromatic amines is 1. The summed E-state index contributed by atoms with van der Waals surface area (Å²) in [4.78, 5) is 22.3. The number of ether oxygens (including phenoxy) is 1. The molecule has 3 heterocycles. The summed E-state index contributed by atoms with van der Waals surface area (Å²) in [6, 6.07) is 0. The molecule has 3 aromatic rings. The molecule has 7 nitrogen and oxygen atoms in total. The van der Waals surface area contributed by atoms with Gasteiger partial charge in [0.1, 0.15) is 11.8 Å². The zero-order valence-corrected chi connectivity index (χ0v) is 9.49. The largest absolute Gasteiger partial charge is 0.446 e. The van der Waals surface area contributed by atoms with Gasteiger partial charge in [-0.3, -0.25) is 9.48 Å². The molecule has 0 aliphatic carbocycles. The highest BCUT2D eigenvalue weighted by Gasteiger charge is 2.10. The molecule has 7 heteroatoms. The van der Waals surface area contributed by atoms with E-state index in [2.05, 4.69) is 20.1 Å². The van der Waals surface area contributed by atoms with E-state index in [0.717, 1.165) is 0 Å². The molecule has 90 valence electrons. The smallest absolute Gasteiger partial charge is 0.293 e. The van der Waals surface area contributed by atoms with Crippen LogP contribution >= 0.6 is 0 Å². The first kappa shape index (κ1) is 10.5. The SMILES string of the molecule is Cn1cc(Oc2c(=O)[nH]cc3cncnc23)cn1. The summed E-state index contributed by atoms with van der Waals surface area (Å²) in [6.45, 7) is 0. The molecule has 0 bridgehead atoms. The van der Waals surface area contributed by atoms with Crippen molar-refractivity contribution >= 4 is 10.9 Å². The summed E-state index contributed by atoms with van der Waals surface area (Å²) in [5.74, 6) is 0.622. The Bertz CT molecular complexity index is 761. The Hall–Kier alpha value is -2.70. The minimum Gasteiger partial charge on any atom is -0.446 e. The van der Waals surface area contributed by atoms with E-state index in [1.165, 1.54) is 12.5 Å². The van der Waals surface area contributed by atoms with Gasteiger partial charge < -0.3 is 9.72 Å². The number of aromatic nitrogens is 5. The van der Waals surface area contributed by atoms with Crippen molar-refractivity contribution in [3.05, 3.63) is 41.5 Å². The van der Waals surface area contributed by atoms with Crippen molar-refractivity contribution in [3.8, 4) is 11.5 Å². The number of pyridine rings is 1. The van der Waals surface area contributed by atoms with Gasteiger partial charge in [0.15, 0.2) is 5.75 Å². The highest BCUT2D eigenvalue weighted by atomic mass is 16.5. The Morgan fingerprint density at radius 1 is 1.39 bits per heavy atom. The molecule has 18 heavy (non-hydrogen) atoms. The molecule has 0 radical (unpaired) electrons. The lowest BCUT2D eigenvalue weighted by atomic mass is 10.3. The van der Waals surface area contributed by atoms with E-state index in [-0.39, 0.29) is 11.3 Å². The molecule has 0 saturated carbocycles. The van der Waals surface area contributed by atoms with Gasteiger partial charge in [0, 0.05) is 24.8 Å². The van der Waals surface area contributed by atoms with E-state index < -0.39 is 0 Å². The molecule has 0 saturated heterocycles. The van der Waals surface area contributed by atoms with Gasteiger partial charge in [-0.15, -0.1) is 0 Å². The van der Waals surface area contributed by atoms with Crippen LogP contribution in [0.5, 0.6) is 11.5 Å². The van der Waals surface area contributed by atoms with Crippen LogP contribution in [0.25, 0.3) is 10.9 Å². The average molecular weight is 243 g/mol. The van der Waals surface area contributed by atoms with Gasteiger partial charge in [0.2, 0.25) is 5.75 Å². The number of fused-ring (bicyclic) bond motifs is 1. The van der Waals surface area contributed by atoms with Crippen LogP contribution in [0.1, 0.15) is 0 Å². The lowest BCUT2D eigenvalue weighted by Crippen LogP contribution is -2.09. The maximum absolute atomic E-state index is 11.8. The van der Waals surface area contributed by atoms with Crippen molar-refractivity contribution in [2.75, 3.05) is 0 Å². The molecule has 0 atom stereocenters. The Balaban J connectivity index is 2.16. The minimum absolute atomic E-state index is 0.142. The molecular weight excluding hydrogens is 234 g/mol. The minimum atomic E-state index is -0.343. The number of rotatable bonds is 2. The molecule has 0 aliphatic heterocycles. The normalized spacial score (nSPS) is 10.7. The van der Waals surface area contributed by atoms with Crippen LogP contribution in [0.3, 0.4) is 0 Å². The molecular formula is C11H9N5O2. The summed E-state index contributed by atoms with van der Waals surface area (Å²) < 4.78 is 7.11. The Kier molecular flexibility index (Phi) is 2.30. The van der Waals surface area contributed by atoms with Crippen LogP contribution in [0, 0.1) is 0 Å². The number of nitrogens with one attached hydrogen (secondary N) is 1. The Morgan fingerprint density at radius 3 is 3.06 bits per heavy atom. The molecule has 3 rings (SSSR count). The number of H-pyrrole nitrogens is 1. The third-order valence-corrected chi connectivity index (χ3v) is 2.42. The van der Waals surface area contributed by atoms with Crippen molar-refractivity contribution in [1.82, 2.24) is 24.7 Å². The fourth-order valence-corrected chi connectivity index (χ4v) is 1.62. The highest BCUT2D eigenvalue weighted by Crippen LogP contribution is 2.22. The molecule has 0 spiro atoms. The first-order valence-electron chi connectivity index (χ1n) is 5.22. The van der Waals surface area contributed by atoms with Gasteiger partial charge >= 0.3 is 0 Å². The van der Waals surface area contributed by atoms with E-state index >= 15 is 0 Å². The molecule has 3 aromatic heterocycles. The Labute approximate surface area is 101 Å². The van der Waals surface area contributed by atoms with Crippen LogP contribution < -0.4 is 10.3 Å². The van der Waals surface area contributed by atoms with Gasteiger partial charge in [-0.1, -0.05) is 0 Å². The monoisotopic (exact) mass is 243 g/mol. The van der Waals surface area contributed by atoms with Crippen LogP contribution in [0.4, 0.5) is 0 Å². The fourth-order valence-electron chi connectivity index (χ4n) is 1.62. The molecule has 0 fully saturated rings. The van der Waals surface area contributed by atoms with Crippen molar-refractivity contribution in [3.63, 3.8) is 0 Å². The number of nitrogens with zero attached hydrogens (tertiary/aromatic N) is 4. The lowest BCUT2D eigenvalue weighted by Gasteiger charge is -2.04. The zero-order chi connectivity index (χ0) is 12.5. The second kappa shape index (κ2) is 3.95. The van der Waals surface area contributed by atoms with Crippen LogP contribution in [-0.4, -0.2) is 24.7 Å². The summed E-state index contributed by atoms with van der Waals surface area (Å²) in [6.07, 6.45) is 7.72. The predicted octanol–water partition coefficient (Wildman–Crippen LogP) is 0.844. The van der Waals surface area contributed by atoms with Crippen molar-refractivity contribution < 1.29 is 4.74 Å². The predicted molar refractivity (Wildman–Crippen MR) is 63.4 cm³/mol. The molecule has 0 amide bonds. The summed E-state index contributed by atoms with van der Waals surface area (Å²) >= 11 is 0. The maximum atomic E-state index is 11.8. The van der Waals surface area contributed by atoms with E-state index in [9.17, 15) is 4.79 Å². The molecule has 1 N–H and O–H groups in total. The summed E-state index contributed by atoms with van der Waals surface area (Å²) in [5, 5.41) is 4.67. The van der Waals surface area contributed by atoms with E-state index in [4.69, 9.17) is 4.74 Å². The van der Waals surface area contributed by atoms with E-state index in [0.29, 0.717) is 16.7 Å². The first-order chi connectivity index (χ1) is 8.74. The molecule has 0 aliphatic rings. The summed E-state index contributed by atoms with van der Waals surface area (Å²) in [7, 11) is 1.77. The fraction of sp³-hybridized carbons (Fsp3) is 0.0909. The van der Waals surface area contributed by atoms with Gasteiger partial charge in [-0.2, -0.15) is 5.10 Å². The van der Waals surface area contributed by atoms with Crippen molar-refractivity contribution in [1.29, 1.82) is 0 Å². The van der Waals surface area contributed by atoms with Gasteiger partial charge in [0.25, 0.3) is 5.56 Å². The third-order valence-electron chi connectivity index (χ3n) is 2.42. The first-order valence-corrected chi connectivity index (χ1v) is 5.22. The molecule has 0 aromatic carbocycles. The van der Waals surface area contributed by atoms with E-state index in [1.807, 2.05) is 0 Å².